The lowest BCUT2D eigenvalue weighted by molar-refractivity contribution is 0.274. The summed E-state index contributed by atoms with van der Waals surface area (Å²) in [7, 11) is -3.23. The Labute approximate surface area is 114 Å². The molecule has 0 saturated heterocycles. The number of rotatable bonds is 4. The molecule has 102 valence electrons. The highest BCUT2D eigenvalue weighted by molar-refractivity contribution is 7.91. The molecule has 0 aliphatic carbocycles. The minimum absolute atomic E-state index is 0.347. The predicted octanol–water partition coefficient (Wildman–Crippen LogP) is 3.28. The SMILES string of the molecule is CC(C)COc1ccc(S(C)(=O)=O)c2ccccc12. The van der Waals surface area contributed by atoms with Gasteiger partial charge in [-0.05, 0) is 18.1 Å². The van der Waals surface area contributed by atoms with E-state index in [2.05, 4.69) is 13.8 Å². The molecule has 0 unspecified atom stereocenters. The molecular formula is C15H18O3S. The van der Waals surface area contributed by atoms with Crippen LogP contribution in [0, 0.1) is 5.92 Å². The zero-order chi connectivity index (χ0) is 14.0. The van der Waals surface area contributed by atoms with E-state index in [0.717, 1.165) is 11.1 Å². The van der Waals surface area contributed by atoms with Crippen molar-refractivity contribution in [3.63, 3.8) is 0 Å². The van der Waals surface area contributed by atoms with Crippen molar-refractivity contribution < 1.29 is 13.2 Å². The Morgan fingerprint density at radius 1 is 1.05 bits per heavy atom. The van der Waals surface area contributed by atoms with Crippen LogP contribution in [0.3, 0.4) is 0 Å². The minimum Gasteiger partial charge on any atom is -0.493 e. The molecule has 0 bridgehead atoms. The highest BCUT2D eigenvalue weighted by atomic mass is 32.2. The molecule has 0 aliphatic rings. The van der Waals surface area contributed by atoms with Crippen LogP contribution in [0.15, 0.2) is 41.3 Å². The summed E-state index contributed by atoms with van der Waals surface area (Å²) in [5, 5.41) is 1.55. The Morgan fingerprint density at radius 3 is 2.26 bits per heavy atom. The molecule has 0 heterocycles. The van der Waals surface area contributed by atoms with E-state index in [1.54, 1.807) is 12.1 Å². The largest absolute Gasteiger partial charge is 0.493 e. The highest BCUT2D eigenvalue weighted by Crippen LogP contribution is 2.31. The molecule has 2 aromatic rings. The monoisotopic (exact) mass is 278 g/mol. The van der Waals surface area contributed by atoms with Crippen molar-refractivity contribution in [1.29, 1.82) is 0 Å². The van der Waals surface area contributed by atoms with Crippen LogP contribution < -0.4 is 4.74 Å². The Kier molecular flexibility index (Phi) is 3.80. The van der Waals surface area contributed by atoms with Gasteiger partial charge in [0.15, 0.2) is 9.84 Å². The van der Waals surface area contributed by atoms with Gasteiger partial charge >= 0.3 is 0 Å². The van der Waals surface area contributed by atoms with Crippen LogP contribution >= 0.6 is 0 Å². The van der Waals surface area contributed by atoms with Crippen LogP contribution in [-0.4, -0.2) is 21.3 Å². The summed E-state index contributed by atoms with van der Waals surface area (Å²) in [5.74, 6) is 1.16. The van der Waals surface area contributed by atoms with Crippen molar-refractivity contribution >= 4 is 20.6 Å². The summed E-state index contributed by atoms with van der Waals surface area (Å²) in [6.07, 6.45) is 1.23. The number of ether oxygens (including phenoxy) is 1. The summed E-state index contributed by atoms with van der Waals surface area (Å²) in [6.45, 7) is 4.77. The van der Waals surface area contributed by atoms with Crippen molar-refractivity contribution in [2.45, 2.75) is 18.7 Å². The molecule has 0 saturated carbocycles. The Balaban J connectivity index is 2.59. The maximum Gasteiger partial charge on any atom is 0.176 e. The van der Waals surface area contributed by atoms with Gasteiger partial charge in [-0.2, -0.15) is 0 Å². The number of hydrogen-bond donors (Lipinski definition) is 0. The normalized spacial score (nSPS) is 12.0. The quantitative estimate of drug-likeness (QED) is 0.862. The fraction of sp³-hybridized carbons (Fsp3) is 0.333. The number of hydrogen-bond acceptors (Lipinski definition) is 3. The third-order valence-electron chi connectivity index (χ3n) is 2.82. The molecule has 0 radical (unpaired) electrons. The molecule has 3 nitrogen and oxygen atoms in total. The van der Waals surface area contributed by atoms with Crippen LogP contribution in [-0.2, 0) is 9.84 Å². The van der Waals surface area contributed by atoms with E-state index in [1.165, 1.54) is 6.26 Å². The second kappa shape index (κ2) is 5.21. The van der Waals surface area contributed by atoms with Crippen molar-refractivity contribution in [3.05, 3.63) is 36.4 Å². The van der Waals surface area contributed by atoms with E-state index in [9.17, 15) is 8.42 Å². The van der Waals surface area contributed by atoms with Gasteiger partial charge in [-0.3, -0.25) is 0 Å². The van der Waals surface area contributed by atoms with Gasteiger partial charge in [-0.1, -0.05) is 38.1 Å². The first-order chi connectivity index (χ1) is 8.89. The number of sulfone groups is 1. The summed E-state index contributed by atoms with van der Waals surface area (Å²) in [4.78, 5) is 0.347. The molecule has 0 aliphatic heterocycles. The van der Waals surface area contributed by atoms with Crippen molar-refractivity contribution in [2.75, 3.05) is 12.9 Å². The van der Waals surface area contributed by atoms with E-state index < -0.39 is 9.84 Å². The average Bonchev–Trinajstić information content (AvgIpc) is 2.34. The van der Waals surface area contributed by atoms with Gasteiger partial charge < -0.3 is 4.74 Å². The summed E-state index contributed by atoms with van der Waals surface area (Å²) < 4.78 is 29.3. The van der Waals surface area contributed by atoms with E-state index >= 15 is 0 Å². The second-order valence-corrected chi connectivity index (χ2v) is 7.07. The van der Waals surface area contributed by atoms with E-state index in [4.69, 9.17) is 4.74 Å². The molecule has 2 aromatic carbocycles. The smallest absolute Gasteiger partial charge is 0.176 e. The minimum atomic E-state index is -3.23. The molecule has 0 amide bonds. The Hall–Kier alpha value is -1.55. The summed E-state index contributed by atoms with van der Waals surface area (Å²) in [6, 6.07) is 10.8. The van der Waals surface area contributed by atoms with Gasteiger partial charge in [0, 0.05) is 17.0 Å². The van der Waals surface area contributed by atoms with Gasteiger partial charge in [-0.25, -0.2) is 8.42 Å². The lowest BCUT2D eigenvalue weighted by Crippen LogP contribution is -2.05. The molecule has 2 rings (SSSR count). The maximum absolute atomic E-state index is 11.8. The van der Waals surface area contributed by atoms with Crippen LogP contribution in [0.25, 0.3) is 10.8 Å². The van der Waals surface area contributed by atoms with Gasteiger partial charge in [0.05, 0.1) is 11.5 Å². The topological polar surface area (TPSA) is 43.4 Å². The summed E-state index contributed by atoms with van der Waals surface area (Å²) >= 11 is 0. The summed E-state index contributed by atoms with van der Waals surface area (Å²) in [5.41, 5.74) is 0. The van der Waals surface area contributed by atoms with E-state index in [0.29, 0.717) is 22.8 Å². The first-order valence-corrected chi connectivity index (χ1v) is 8.13. The molecule has 0 spiro atoms. The maximum atomic E-state index is 11.8. The molecule has 0 fully saturated rings. The van der Waals surface area contributed by atoms with Crippen LogP contribution in [0.1, 0.15) is 13.8 Å². The molecule has 0 N–H and O–H groups in total. The molecule has 19 heavy (non-hydrogen) atoms. The molecular weight excluding hydrogens is 260 g/mol. The average molecular weight is 278 g/mol. The predicted molar refractivity (Wildman–Crippen MR) is 77.4 cm³/mol. The van der Waals surface area contributed by atoms with E-state index in [1.807, 2.05) is 24.3 Å². The van der Waals surface area contributed by atoms with Crippen LogP contribution in [0.2, 0.25) is 0 Å². The molecule has 0 aromatic heterocycles. The highest BCUT2D eigenvalue weighted by Gasteiger charge is 2.14. The van der Waals surface area contributed by atoms with Gasteiger partial charge in [-0.15, -0.1) is 0 Å². The zero-order valence-electron chi connectivity index (χ0n) is 11.4. The lowest BCUT2D eigenvalue weighted by Gasteiger charge is -2.13. The number of fused-ring (bicyclic) bond motifs is 1. The fourth-order valence-corrected chi connectivity index (χ4v) is 2.84. The third kappa shape index (κ3) is 3.07. The molecule has 4 heteroatoms. The zero-order valence-corrected chi connectivity index (χ0v) is 12.2. The fourth-order valence-electron chi connectivity index (χ4n) is 1.95. The van der Waals surface area contributed by atoms with Crippen molar-refractivity contribution in [1.82, 2.24) is 0 Å². The third-order valence-corrected chi connectivity index (χ3v) is 3.97. The lowest BCUT2D eigenvalue weighted by atomic mass is 10.1. The van der Waals surface area contributed by atoms with Crippen LogP contribution in [0.4, 0.5) is 0 Å². The Morgan fingerprint density at radius 2 is 1.68 bits per heavy atom. The van der Waals surface area contributed by atoms with Gasteiger partial charge in [0.1, 0.15) is 5.75 Å². The van der Waals surface area contributed by atoms with E-state index in [-0.39, 0.29) is 0 Å². The van der Waals surface area contributed by atoms with Gasteiger partial charge in [0.2, 0.25) is 0 Å². The standard InChI is InChI=1S/C15H18O3S/c1-11(2)10-18-14-8-9-15(19(3,16)17)13-7-5-4-6-12(13)14/h4-9,11H,10H2,1-3H3. The first kappa shape index (κ1) is 13.9. The molecule has 0 atom stereocenters. The first-order valence-electron chi connectivity index (χ1n) is 6.24. The number of benzene rings is 2. The van der Waals surface area contributed by atoms with Crippen molar-refractivity contribution in [2.24, 2.45) is 5.92 Å². The van der Waals surface area contributed by atoms with Crippen LogP contribution in [0.5, 0.6) is 5.75 Å². The second-order valence-electron chi connectivity index (χ2n) is 5.08. The van der Waals surface area contributed by atoms with Crippen molar-refractivity contribution in [3.8, 4) is 5.75 Å². The Bertz CT molecular complexity index is 688. The van der Waals surface area contributed by atoms with Gasteiger partial charge in [0.25, 0.3) is 0 Å².